The molecule has 3 N–H and O–H groups in total. The van der Waals surface area contributed by atoms with Crippen LogP contribution in [0.3, 0.4) is 0 Å². The quantitative estimate of drug-likeness (QED) is 0.777. The first-order valence-corrected chi connectivity index (χ1v) is 7.49. The van der Waals surface area contributed by atoms with Gasteiger partial charge in [-0.05, 0) is 37.6 Å². The minimum absolute atomic E-state index is 0.368. The van der Waals surface area contributed by atoms with Gasteiger partial charge in [-0.25, -0.2) is 0 Å². The molecule has 1 rings (SSSR count). The van der Waals surface area contributed by atoms with E-state index in [0.29, 0.717) is 31.7 Å². The van der Waals surface area contributed by atoms with Gasteiger partial charge in [0.05, 0.1) is 5.69 Å². The van der Waals surface area contributed by atoms with E-state index in [2.05, 4.69) is 4.72 Å². The van der Waals surface area contributed by atoms with E-state index in [1.807, 2.05) is 25.1 Å². The summed E-state index contributed by atoms with van der Waals surface area (Å²) < 4.78 is 28.1. The summed E-state index contributed by atoms with van der Waals surface area (Å²) in [4.78, 5) is 0. The van der Waals surface area contributed by atoms with Crippen LogP contribution in [0.25, 0.3) is 0 Å². The molecule has 5 nitrogen and oxygen atoms in total. The molecule has 0 radical (unpaired) electrons. The second-order valence-electron chi connectivity index (χ2n) is 4.06. The van der Waals surface area contributed by atoms with Crippen molar-refractivity contribution in [2.45, 2.75) is 20.3 Å². The number of nitrogens with one attached hydrogen (secondary N) is 1. The molecule has 6 heteroatoms. The zero-order chi connectivity index (χ0) is 13.6. The highest BCUT2D eigenvalue weighted by Gasteiger charge is 2.20. The van der Waals surface area contributed by atoms with Crippen LogP contribution < -0.4 is 14.8 Å². The Labute approximate surface area is 109 Å². The molecule has 0 aliphatic carbocycles. The first-order valence-electron chi connectivity index (χ1n) is 6.05. The van der Waals surface area contributed by atoms with Crippen LogP contribution in [0, 0.1) is 6.92 Å². The lowest BCUT2D eigenvalue weighted by molar-refractivity contribution is 0.577. The van der Waals surface area contributed by atoms with Gasteiger partial charge < -0.3 is 5.73 Å². The lowest BCUT2D eigenvalue weighted by Gasteiger charge is -2.24. The van der Waals surface area contributed by atoms with Crippen LogP contribution in [0.5, 0.6) is 0 Å². The Kier molecular flexibility index (Phi) is 5.58. The van der Waals surface area contributed by atoms with Crippen LogP contribution in [0.4, 0.5) is 5.69 Å². The van der Waals surface area contributed by atoms with E-state index in [-0.39, 0.29) is 0 Å². The molecule has 1 aromatic rings. The van der Waals surface area contributed by atoms with Gasteiger partial charge in [0.2, 0.25) is 0 Å². The Morgan fingerprint density at radius 1 is 1.39 bits per heavy atom. The van der Waals surface area contributed by atoms with Crippen LogP contribution >= 0.6 is 0 Å². The van der Waals surface area contributed by atoms with Gasteiger partial charge in [0.15, 0.2) is 0 Å². The molecular formula is C12H21N3O2S. The second-order valence-corrected chi connectivity index (χ2v) is 5.74. The lowest BCUT2D eigenvalue weighted by atomic mass is 10.2. The van der Waals surface area contributed by atoms with Gasteiger partial charge in [-0.1, -0.05) is 19.1 Å². The molecule has 102 valence electrons. The number of nitrogens with two attached hydrogens (primary N) is 1. The van der Waals surface area contributed by atoms with Crippen molar-refractivity contribution in [2.24, 2.45) is 5.73 Å². The molecule has 0 saturated heterocycles. The van der Waals surface area contributed by atoms with Crippen molar-refractivity contribution in [3.8, 4) is 0 Å². The Morgan fingerprint density at radius 3 is 2.67 bits per heavy atom. The highest BCUT2D eigenvalue weighted by molar-refractivity contribution is 7.90. The molecule has 18 heavy (non-hydrogen) atoms. The Bertz CT molecular complexity index is 474. The fourth-order valence-corrected chi connectivity index (χ4v) is 2.95. The molecule has 0 bridgehead atoms. The summed E-state index contributed by atoms with van der Waals surface area (Å²) in [5.41, 5.74) is 7.16. The zero-order valence-electron chi connectivity index (χ0n) is 10.9. The van der Waals surface area contributed by atoms with Gasteiger partial charge in [-0.15, -0.1) is 0 Å². The van der Waals surface area contributed by atoms with Crippen LogP contribution in [0.15, 0.2) is 24.3 Å². The summed E-state index contributed by atoms with van der Waals surface area (Å²) >= 11 is 0. The standard InChI is InChI=1S/C12H21N3O2S/c1-3-14-18(16,17)15(9-5-8-13)12-7-4-6-11(2)10-12/h4,6-7,10,14H,3,5,8-9,13H2,1-2H3. The topological polar surface area (TPSA) is 75.4 Å². The maximum atomic E-state index is 12.1. The summed E-state index contributed by atoms with van der Waals surface area (Å²) in [6.45, 7) is 4.91. The Hall–Kier alpha value is -1.11. The van der Waals surface area contributed by atoms with E-state index in [0.717, 1.165) is 5.56 Å². The predicted molar refractivity (Wildman–Crippen MR) is 74.8 cm³/mol. The van der Waals surface area contributed by atoms with E-state index in [1.165, 1.54) is 4.31 Å². The van der Waals surface area contributed by atoms with Gasteiger partial charge in [0.25, 0.3) is 0 Å². The number of benzene rings is 1. The largest absolute Gasteiger partial charge is 0.330 e. The summed E-state index contributed by atoms with van der Waals surface area (Å²) in [6, 6.07) is 7.43. The molecule has 0 aliphatic rings. The SMILES string of the molecule is CCNS(=O)(=O)N(CCCN)c1cccc(C)c1. The Balaban J connectivity index is 3.05. The minimum atomic E-state index is -3.49. The first-order chi connectivity index (χ1) is 8.51. The molecule has 0 unspecified atom stereocenters. The van der Waals surface area contributed by atoms with Crippen molar-refractivity contribution in [3.05, 3.63) is 29.8 Å². The molecule has 0 aromatic heterocycles. The fraction of sp³-hybridized carbons (Fsp3) is 0.500. The average molecular weight is 271 g/mol. The van der Waals surface area contributed by atoms with Crippen LogP contribution in [0.1, 0.15) is 18.9 Å². The maximum absolute atomic E-state index is 12.1. The summed E-state index contributed by atoms with van der Waals surface area (Å²) in [5.74, 6) is 0. The van der Waals surface area contributed by atoms with Gasteiger partial charge in [-0.3, -0.25) is 4.31 Å². The van der Waals surface area contributed by atoms with E-state index < -0.39 is 10.2 Å². The number of rotatable bonds is 7. The van der Waals surface area contributed by atoms with Gasteiger partial charge in [0, 0.05) is 13.1 Å². The number of anilines is 1. The fourth-order valence-electron chi connectivity index (χ4n) is 1.67. The molecule has 0 amide bonds. The molecule has 0 spiro atoms. The summed E-state index contributed by atoms with van der Waals surface area (Å²) in [7, 11) is -3.49. The Morgan fingerprint density at radius 2 is 2.11 bits per heavy atom. The smallest absolute Gasteiger partial charge is 0.301 e. The molecule has 0 atom stereocenters. The van der Waals surface area contributed by atoms with Crippen LogP contribution in [-0.4, -0.2) is 28.1 Å². The van der Waals surface area contributed by atoms with Crippen molar-refractivity contribution in [1.82, 2.24) is 4.72 Å². The minimum Gasteiger partial charge on any atom is -0.330 e. The molecular weight excluding hydrogens is 250 g/mol. The molecule has 1 aromatic carbocycles. The van der Waals surface area contributed by atoms with Crippen LogP contribution in [-0.2, 0) is 10.2 Å². The highest BCUT2D eigenvalue weighted by atomic mass is 32.2. The molecule has 0 aliphatic heterocycles. The number of nitrogens with zero attached hydrogens (tertiary/aromatic N) is 1. The van der Waals surface area contributed by atoms with Crippen molar-refractivity contribution in [1.29, 1.82) is 0 Å². The number of hydrogen-bond donors (Lipinski definition) is 2. The third-order valence-corrected chi connectivity index (χ3v) is 4.10. The van der Waals surface area contributed by atoms with E-state index in [9.17, 15) is 8.42 Å². The molecule has 0 heterocycles. The third-order valence-electron chi connectivity index (χ3n) is 2.47. The van der Waals surface area contributed by atoms with E-state index in [4.69, 9.17) is 5.73 Å². The number of hydrogen-bond acceptors (Lipinski definition) is 3. The van der Waals surface area contributed by atoms with Gasteiger partial charge in [0.1, 0.15) is 0 Å². The predicted octanol–water partition coefficient (Wildman–Crippen LogP) is 1.00. The van der Waals surface area contributed by atoms with Crippen molar-refractivity contribution in [3.63, 3.8) is 0 Å². The number of aryl methyl sites for hydroxylation is 1. The monoisotopic (exact) mass is 271 g/mol. The summed E-state index contributed by atoms with van der Waals surface area (Å²) in [5, 5.41) is 0. The van der Waals surface area contributed by atoms with Gasteiger partial charge >= 0.3 is 10.2 Å². The van der Waals surface area contributed by atoms with Crippen molar-refractivity contribution in [2.75, 3.05) is 23.9 Å². The van der Waals surface area contributed by atoms with E-state index in [1.54, 1.807) is 13.0 Å². The maximum Gasteiger partial charge on any atom is 0.301 e. The van der Waals surface area contributed by atoms with Crippen LogP contribution in [0.2, 0.25) is 0 Å². The van der Waals surface area contributed by atoms with Crippen molar-refractivity contribution >= 4 is 15.9 Å². The lowest BCUT2D eigenvalue weighted by Crippen LogP contribution is -2.41. The normalized spacial score (nSPS) is 11.5. The zero-order valence-corrected chi connectivity index (χ0v) is 11.7. The van der Waals surface area contributed by atoms with Gasteiger partial charge in [-0.2, -0.15) is 13.1 Å². The first kappa shape index (κ1) is 14.9. The third kappa shape index (κ3) is 3.97. The molecule has 0 fully saturated rings. The van der Waals surface area contributed by atoms with E-state index >= 15 is 0 Å². The average Bonchev–Trinajstić information content (AvgIpc) is 2.29. The second kappa shape index (κ2) is 6.72. The highest BCUT2D eigenvalue weighted by Crippen LogP contribution is 2.18. The van der Waals surface area contributed by atoms with Crippen molar-refractivity contribution < 1.29 is 8.42 Å². The molecule has 0 saturated carbocycles. The summed E-state index contributed by atoms with van der Waals surface area (Å²) in [6.07, 6.45) is 0.624.